The van der Waals surface area contributed by atoms with Crippen molar-refractivity contribution >= 4 is 11.9 Å². The van der Waals surface area contributed by atoms with Gasteiger partial charge in [-0.15, -0.1) is 0 Å². The molecule has 0 fully saturated rings. The first-order valence-electron chi connectivity index (χ1n) is 10.1. The van der Waals surface area contributed by atoms with Crippen molar-refractivity contribution in [3.05, 3.63) is 71.3 Å². The van der Waals surface area contributed by atoms with E-state index in [2.05, 4.69) is 13.8 Å². The smallest absolute Gasteiger partial charge is 0.338 e. The van der Waals surface area contributed by atoms with Gasteiger partial charge in [-0.05, 0) is 43.0 Å². The fraction of sp³-hybridized carbons (Fsp3) is 0.417. The Balaban J connectivity index is 0.000000280. The maximum Gasteiger partial charge on any atom is 0.338 e. The number of rotatable bonds is 10. The van der Waals surface area contributed by atoms with Crippen LogP contribution >= 0.6 is 0 Å². The Kier molecular flexibility index (Phi) is 12.1. The van der Waals surface area contributed by atoms with E-state index in [9.17, 15) is 9.59 Å². The summed E-state index contributed by atoms with van der Waals surface area (Å²) in [6.45, 7) is 4.80. The molecule has 0 bridgehead atoms. The van der Waals surface area contributed by atoms with Gasteiger partial charge in [-0.25, -0.2) is 9.59 Å². The SMILES string of the molecule is CCCCCOC(=O)c1ccccc1.CCCCCc1ccccc1C(=O)O. The lowest BCUT2D eigenvalue weighted by molar-refractivity contribution is 0.0497. The van der Waals surface area contributed by atoms with E-state index >= 15 is 0 Å². The molecule has 0 radical (unpaired) electrons. The number of aromatic carboxylic acids is 1. The monoisotopic (exact) mass is 384 g/mol. The molecule has 0 aliphatic rings. The van der Waals surface area contributed by atoms with Crippen molar-refractivity contribution in [2.45, 2.75) is 58.8 Å². The van der Waals surface area contributed by atoms with Crippen molar-refractivity contribution in [1.29, 1.82) is 0 Å². The lowest BCUT2D eigenvalue weighted by Crippen LogP contribution is -2.05. The Labute approximate surface area is 168 Å². The van der Waals surface area contributed by atoms with Crippen LogP contribution in [0.1, 0.15) is 78.7 Å². The number of benzene rings is 2. The van der Waals surface area contributed by atoms with Crippen molar-refractivity contribution in [2.75, 3.05) is 6.61 Å². The van der Waals surface area contributed by atoms with Crippen LogP contribution in [0, 0.1) is 0 Å². The molecule has 28 heavy (non-hydrogen) atoms. The second-order valence-electron chi connectivity index (χ2n) is 6.63. The number of carboxylic acids is 1. The van der Waals surface area contributed by atoms with Crippen LogP contribution in [0.15, 0.2) is 54.6 Å². The molecule has 0 aliphatic carbocycles. The zero-order valence-electron chi connectivity index (χ0n) is 17.0. The van der Waals surface area contributed by atoms with E-state index in [0.717, 1.165) is 50.5 Å². The molecule has 2 aromatic carbocycles. The zero-order valence-corrected chi connectivity index (χ0v) is 17.0. The first-order chi connectivity index (χ1) is 13.6. The van der Waals surface area contributed by atoms with Gasteiger partial charge in [0.05, 0.1) is 17.7 Å². The van der Waals surface area contributed by atoms with Gasteiger partial charge in [-0.1, -0.05) is 75.9 Å². The maximum atomic E-state index is 11.4. The van der Waals surface area contributed by atoms with E-state index in [-0.39, 0.29) is 5.97 Å². The Morgan fingerprint density at radius 3 is 2.07 bits per heavy atom. The highest BCUT2D eigenvalue weighted by molar-refractivity contribution is 5.89. The highest BCUT2D eigenvalue weighted by atomic mass is 16.5. The molecule has 0 unspecified atom stereocenters. The molecule has 2 rings (SSSR count). The summed E-state index contributed by atoms with van der Waals surface area (Å²) in [6, 6.07) is 16.3. The summed E-state index contributed by atoms with van der Waals surface area (Å²) in [5, 5.41) is 8.92. The number of carbonyl (C=O) groups excluding carboxylic acids is 1. The van der Waals surface area contributed by atoms with E-state index in [1.54, 1.807) is 24.3 Å². The van der Waals surface area contributed by atoms with E-state index in [1.165, 1.54) is 0 Å². The third-order valence-corrected chi connectivity index (χ3v) is 4.29. The van der Waals surface area contributed by atoms with Crippen molar-refractivity contribution in [3.8, 4) is 0 Å². The van der Waals surface area contributed by atoms with Crippen LogP contribution in [0.2, 0.25) is 0 Å². The lowest BCUT2D eigenvalue weighted by Gasteiger charge is -2.04. The van der Waals surface area contributed by atoms with Gasteiger partial charge in [0.1, 0.15) is 0 Å². The molecule has 0 atom stereocenters. The van der Waals surface area contributed by atoms with Gasteiger partial charge in [0.2, 0.25) is 0 Å². The van der Waals surface area contributed by atoms with Gasteiger partial charge in [-0.3, -0.25) is 0 Å². The Morgan fingerprint density at radius 2 is 1.43 bits per heavy atom. The van der Waals surface area contributed by atoms with Crippen LogP contribution in [0.3, 0.4) is 0 Å². The molecule has 0 heterocycles. The van der Waals surface area contributed by atoms with Crippen molar-refractivity contribution in [2.24, 2.45) is 0 Å². The molecule has 152 valence electrons. The van der Waals surface area contributed by atoms with Crippen molar-refractivity contribution in [3.63, 3.8) is 0 Å². The fourth-order valence-electron chi connectivity index (χ4n) is 2.69. The highest BCUT2D eigenvalue weighted by Gasteiger charge is 2.07. The summed E-state index contributed by atoms with van der Waals surface area (Å²) < 4.78 is 5.09. The molecule has 2 aromatic rings. The summed E-state index contributed by atoms with van der Waals surface area (Å²) >= 11 is 0. The summed E-state index contributed by atoms with van der Waals surface area (Å²) in [5.41, 5.74) is 2.03. The number of esters is 1. The molecule has 0 aliphatic heterocycles. The third-order valence-electron chi connectivity index (χ3n) is 4.29. The van der Waals surface area contributed by atoms with E-state index in [0.29, 0.717) is 17.7 Å². The molecular formula is C24H32O4. The van der Waals surface area contributed by atoms with E-state index < -0.39 is 5.97 Å². The average Bonchev–Trinajstić information content (AvgIpc) is 2.72. The highest BCUT2D eigenvalue weighted by Crippen LogP contribution is 2.12. The van der Waals surface area contributed by atoms with Crippen molar-refractivity contribution in [1.82, 2.24) is 0 Å². The van der Waals surface area contributed by atoms with Crippen LogP contribution in [0.4, 0.5) is 0 Å². The topological polar surface area (TPSA) is 63.6 Å². The quantitative estimate of drug-likeness (QED) is 0.394. The first-order valence-corrected chi connectivity index (χ1v) is 10.1. The molecule has 4 nitrogen and oxygen atoms in total. The Hall–Kier alpha value is -2.62. The predicted octanol–water partition coefficient (Wildman–Crippen LogP) is 6.15. The molecular weight excluding hydrogens is 352 g/mol. The van der Waals surface area contributed by atoms with E-state index in [4.69, 9.17) is 9.84 Å². The number of carboxylic acid groups (broad SMARTS) is 1. The summed E-state index contributed by atoms with van der Waals surface area (Å²) in [5.74, 6) is -1.04. The van der Waals surface area contributed by atoms with Crippen LogP contribution in [-0.2, 0) is 11.2 Å². The Bertz CT molecular complexity index is 695. The lowest BCUT2D eigenvalue weighted by atomic mass is 10.0. The fourth-order valence-corrected chi connectivity index (χ4v) is 2.69. The molecule has 0 aromatic heterocycles. The average molecular weight is 385 g/mol. The van der Waals surface area contributed by atoms with Crippen LogP contribution in [-0.4, -0.2) is 23.7 Å². The number of hydrogen-bond donors (Lipinski definition) is 1. The molecule has 0 amide bonds. The van der Waals surface area contributed by atoms with Crippen LogP contribution < -0.4 is 0 Å². The van der Waals surface area contributed by atoms with Gasteiger partial charge in [0.15, 0.2) is 0 Å². The minimum absolute atomic E-state index is 0.221. The first kappa shape index (κ1) is 23.4. The van der Waals surface area contributed by atoms with Gasteiger partial charge < -0.3 is 9.84 Å². The van der Waals surface area contributed by atoms with E-state index in [1.807, 2.05) is 30.3 Å². The normalized spacial score (nSPS) is 9.93. The summed E-state index contributed by atoms with van der Waals surface area (Å²) in [7, 11) is 0. The molecule has 4 heteroatoms. The number of ether oxygens (including phenoxy) is 1. The van der Waals surface area contributed by atoms with Gasteiger partial charge in [0.25, 0.3) is 0 Å². The van der Waals surface area contributed by atoms with Crippen LogP contribution in [0.5, 0.6) is 0 Å². The maximum absolute atomic E-state index is 11.4. The molecule has 0 saturated heterocycles. The summed E-state index contributed by atoms with van der Waals surface area (Å²) in [4.78, 5) is 22.2. The van der Waals surface area contributed by atoms with Gasteiger partial charge in [-0.2, -0.15) is 0 Å². The minimum atomic E-state index is -0.822. The second-order valence-corrected chi connectivity index (χ2v) is 6.63. The minimum Gasteiger partial charge on any atom is -0.478 e. The molecule has 1 N–H and O–H groups in total. The number of hydrogen-bond acceptors (Lipinski definition) is 3. The standard InChI is InChI=1S/2C12H16O2/c1-2-3-7-10-14-12(13)11-8-5-4-6-9-11;1-2-3-4-7-10-8-5-6-9-11(10)12(13)14/h4-6,8-9H,2-3,7,10H2,1H3;5-6,8-9H,2-4,7H2,1H3,(H,13,14). The zero-order chi connectivity index (χ0) is 20.6. The van der Waals surface area contributed by atoms with Gasteiger partial charge >= 0.3 is 11.9 Å². The molecule has 0 spiro atoms. The van der Waals surface area contributed by atoms with Crippen molar-refractivity contribution < 1.29 is 19.4 Å². The molecule has 0 saturated carbocycles. The number of aryl methyl sites for hydroxylation is 1. The van der Waals surface area contributed by atoms with Gasteiger partial charge in [0, 0.05) is 0 Å². The third kappa shape index (κ3) is 9.36. The van der Waals surface area contributed by atoms with Crippen LogP contribution in [0.25, 0.3) is 0 Å². The summed E-state index contributed by atoms with van der Waals surface area (Å²) in [6.07, 6.45) is 7.47. The second kappa shape index (κ2) is 14.4. The predicted molar refractivity (Wildman–Crippen MR) is 113 cm³/mol. The largest absolute Gasteiger partial charge is 0.478 e. The number of carbonyl (C=O) groups is 2. The Morgan fingerprint density at radius 1 is 0.821 bits per heavy atom. The number of unbranched alkanes of at least 4 members (excludes halogenated alkanes) is 4.